The molecule has 0 saturated heterocycles. The second-order valence-corrected chi connectivity index (χ2v) is 4.59. The fourth-order valence-electron chi connectivity index (χ4n) is 1.68. The second kappa shape index (κ2) is 9.59. The maximum absolute atomic E-state index is 8.00. The lowest BCUT2D eigenvalue weighted by molar-refractivity contribution is -0.0979. The van der Waals surface area contributed by atoms with Crippen molar-refractivity contribution in [2.45, 2.75) is 26.7 Å². The van der Waals surface area contributed by atoms with E-state index in [9.17, 15) is 0 Å². The van der Waals surface area contributed by atoms with Crippen molar-refractivity contribution in [3.63, 3.8) is 0 Å². The number of carbonyl (C=O) groups is 1. The molecule has 0 fully saturated rings. The van der Waals surface area contributed by atoms with E-state index in [1.165, 1.54) is 5.56 Å². The van der Waals surface area contributed by atoms with Crippen LogP contribution >= 0.6 is 0 Å². The molecule has 0 heterocycles. The quantitative estimate of drug-likeness (QED) is 0.717. The van der Waals surface area contributed by atoms with Crippen LogP contribution in [-0.4, -0.2) is 13.4 Å². The lowest BCUT2D eigenvalue weighted by Gasteiger charge is -2.08. The van der Waals surface area contributed by atoms with Gasteiger partial charge in [-0.25, -0.2) is 0 Å². The van der Waals surface area contributed by atoms with Gasteiger partial charge in [0.25, 0.3) is 0 Å². The Morgan fingerprint density at radius 3 is 1.86 bits per heavy atom. The maximum Gasteiger partial charge on any atom is 0.127 e. The van der Waals surface area contributed by atoms with Crippen LogP contribution < -0.4 is 9.47 Å². The van der Waals surface area contributed by atoms with Gasteiger partial charge in [-0.2, -0.15) is 0 Å². The molecular weight excluding hydrogens is 264 g/mol. The number of ether oxygens (including phenoxy) is 2. The Bertz CT molecular complexity index is 503. The monoisotopic (exact) mass is 286 g/mol. The first kappa shape index (κ1) is 16.8. The summed E-state index contributed by atoms with van der Waals surface area (Å²) in [5.41, 5.74) is 1.23. The van der Waals surface area contributed by atoms with Crippen molar-refractivity contribution in [3.05, 3.63) is 54.1 Å². The number of benzene rings is 2. The largest absolute Gasteiger partial charge is 0.494 e. The fraction of sp³-hybridized carbons (Fsp3) is 0.278. The lowest BCUT2D eigenvalue weighted by Crippen LogP contribution is -1.96. The van der Waals surface area contributed by atoms with Gasteiger partial charge in [-0.1, -0.05) is 31.0 Å². The van der Waals surface area contributed by atoms with Crippen molar-refractivity contribution < 1.29 is 14.3 Å². The molecule has 112 valence electrons. The van der Waals surface area contributed by atoms with Crippen LogP contribution in [-0.2, 0) is 4.79 Å². The molecule has 0 amide bonds. The smallest absolute Gasteiger partial charge is 0.127 e. The normalized spacial score (nSPS) is 9.43. The molecule has 0 aliphatic heterocycles. The van der Waals surface area contributed by atoms with Gasteiger partial charge in [-0.05, 0) is 49.7 Å². The summed E-state index contributed by atoms with van der Waals surface area (Å²) in [6.07, 6.45) is 2.23. The maximum atomic E-state index is 8.00. The zero-order valence-electron chi connectivity index (χ0n) is 12.7. The average Bonchev–Trinajstić information content (AvgIpc) is 2.53. The Morgan fingerprint density at radius 1 is 0.857 bits per heavy atom. The van der Waals surface area contributed by atoms with Crippen LogP contribution in [0.25, 0.3) is 0 Å². The molecule has 2 aromatic rings. The molecule has 0 unspecified atom stereocenters. The minimum Gasteiger partial charge on any atom is -0.494 e. The van der Waals surface area contributed by atoms with E-state index < -0.39 is 0 Å². The Hall–Kier alpha value is -2.29. The average molecular weight is 286 g/mol. The van der Waals surface area contributed by atoms with Crippen molar-refractivity contribution in [1.29, 1.82) is 0 Å². The van der Waals surface area contributed by atoms with E-state index in [-0.39, 0.29) is 0 Å². The standard InChI is InChI=1S/C17H20O2.CH2O/c1-3-4-13-18-15-9-11-17(12-10-15)19-16-7-5-14(2)6-8-16;1-2/h5-12H,3-4,13H2,1-2H3;1H2. The van der Waals surface area contributed by atoms with E-state index in [1.807, 2.05) is 55.3 Å². The van der Waals surface area contributed by atoms with Crippen molar-refractivity contribution in [2.75, 3.05) is 6.61 Å². The minimum atomic E-state index is 0.772. The third-order valence-electron chi connectivity index (χ3n) is 2.85. The Kier molecular flexibility index (Phi) is 7.65. The number of hydrogen-bond acceptors (Lipinski definition) is 3. The summed E-state index contributed by atoms with van der Waals surface area (Å²) in [6.45, 7) is 6.99. The van der Waals surface area contributed by atoms with Gasteiger partial charge in [0.15, 0.2) is 0 Å². The third kappa shape index (κ3) is 6.13. The highest BCUT2D eigenvalue weighted by Gasteiger charge is 1.98. The first-order valence-electron chi connectivity index (χ1n) is 7.04. The number of unbranched alkanes of at least 4 members (excludes halogenated alkanes) is 1. The number of carbonyl (C=O) groups excluding carboxylic acids is 1. The van der Waals surface area contributed by atoms with Gasteiger partial charge in [0.05, 0.1) is 6.61 Å². The summed E-state index contributed by atoms with van der Waals surface area (Å²) >= 11 is 0. The first-order valence-corrected chi connectivity index (χ1v) is 7.04. The molecule has 0 atom stereocenters. The molecule has 0 radical (unpaired) electrons. The molecule has 2 rings (SSSR count). The van der Waals surface area contributed by atoms with Gasteiger partial charge in [0, 0.05) is 0 Å². The van der Waals surface area contributed by atoms with E-state index in [1.54, 1.807) is 0 Å². The highest BCUT2D eigenvalue weighted by Crippen LogP contribution is 2.24. The fourth-order valence-corrected chi connectivity index (χ4v) is 1.68. The molecule has 3 heteroatoms. The Morgan fingerprint density at radius 2 is 1.33 bits per heavy atom. The second-order valence-electron chi connectivity index (χ2n) is 4.59. The summed E-state index contributed by atoms with van der Waals surface area (Å²) in [4.78, 5) is 8.00. The molecule has 0 N–H and O–H groups in total. The highest BCUT2D eigenvalue weighted by atomic mass is 16.5. The molecule has 3 nitrogen and oxygen atoms in total. The van der Waals surface area contributed by atoms with E-state index >= 15 is 0 Å². The van der Waals surface area contributed by atoms with E-state index in [4.69, 9.17) is 14.3 Å². The summed E-state index contributed by atoms with van der Waals surface area (Å²) < 4.78 is 11.4. The summed E-state index contributed by atoms with van der Waals surface area (Å²) in [7, 11) is 0. The summed E-state index contributed by atoms with van der Waals surface area (Å²) in [5.74, 6) is 2.57. The molecular formula is C18H22O3. The van der Waals surface area contributed by atoms with E-state index in [0.717, 1.165) is 36.7 Å². The molecule has 0 aromatic heterocycles. The van der Waals surface area contributed by atoms with Crippen LogP contribution in [0.3, 0.4) is 0 Å². The van der Waals surface area contributed by atoms with Crippen LogP contribution in [0.4, 0.5) is 0 Å². The topological polar surface area (TPSA) is 35.5 Å². The van der Waals surface area contributed by atoms with E-state index in [2.05, 4.69) is 13.8 Å². The molecule has 0 aliphatic carbocycles. The van der Waals surface area contributed by atoms with Crippen LogP contribution in [0.1, 0.15) is 25.3 Å². The van der Waals surface area contributed by atoms with Crippen LogP contribution in [0.5, 0.6) is 17.2 Å². The zero-order chi connectivity index (χ0) is 15.5. The van der Waals surface area contributed by atoms with Crippen molar-refractivity contribution in [1.82, 2.24) is 0 Å². The van der Waals surface area contributed by atoms with Crippen LogP contribution in [0.2, 0.25) is 0 Å². The molecule has 0 spiro atoms. The summed E-state index contributed by atoms with van der Waals surface area (Å²) in [6, 6.07) is 15.8. The minimum absolute atomic E-state index is 0.772. The SMILES string of the molecule is C=O.CCCCOc1ccc(Oc2ccc(C)cc2)cc1. The van der Waals surface area contributed by atoms with Gasteiger partial charge in [-0.15, -0.1) is 0 Å². The van der Waals surface area contributed by atoms with Gasteiger partial charge in [0.2, 0.25) is 0 Å². The Balaban J connectivity index is 0.00000106. The van der Waals surface area contributed by atoms with Crippen molar-refractivity contribution >= 4 is 6.79 Å². The van der Waals surface area contributed by atoms with E-state index in [0.29, 0.717) is 0 Å². The zero-order valence-corrected chi connectivity index (χ0v) is 12.7. The number of aryl methyl sites for hydroxylation is 1. The lowest BCUT2D eigenvalue weighted by atomic mass is 10.2. The van der Waals surface area contributed by atoms with Gasteiger partial charge >= 0.3 is 0 Å². The number of hydrogen-bond donors (Lipinski definition) is 0. The first-order chi connectivity index (χ1) is 10.3. The number of rotatable bonds is 6. The van der Waals surface area contributed by atoms with Crippen LogP contribution in [0.15, 0.2) is 48.5 Å². The predicted octanol–water partition coefficient (Wildman–Crippen LogP) is 4.78. The van der Waals surface area contributed by atoms with Crippen LogP contribution in [0, 0.1) is 6.92 Å². The molecule has 0 bridgehead atoms. The van der Waals surface area contributed by atoms with Crippen molar-refractivity contribution in [2.24, 2.45) is 0 Å². The molecule has 2 aromatic carbocycles. The molecule has 21 heavy (non-hydrogen) atoms. The summed E-state index contributed by atoms with van der Waals surface area (Å²) in [5, 5.41) is 0. The van der Waals surface area contributed by atoms with Gasteiger partial charge in [-0.3, -0.25) is 0 Å². The Labute approximate surface area is 126 Å². The van der Waals surface area contributed by atoms with Gasteiger partial charge in [0.1, 0.15) is 24.0 Å². The van der Waals surface area contributed by atoms with Crippen molar-refractivity contribution in [3.8, 4) is 17.2 Å². The predicted molar refractivity (Wildman–Crippen MR) is 85.2 cm³/mol. The third-order valence-corrected chi connectivity index (χ3v) is 2.85. The molecule has 0 saturated carbocycles. The molecule has 0 aliphatic rings. The highest BCUT2D eigenvalue weighted by molar-refractivity contribution is 5.36. The van der Waals surface area contributed by atoms with Gasteiger partial charge < -0.3 is 14.3 Å².